The maximum absolute atomic E-state index is 10.5. The first-order valence-electron chi connectivity index (χ1n) is 8.48. The first kappa shape index (κ1) is 14.6. The molecule has 0 radical (unpaired) electrons. The van der Waals surface area contributed by atoms with Crippen LogP contribution >= 0.6 is 0 Å². The van der Waals surface area contributed by atoms with Gasteiger partial charge < -0.3 is 14.9 Å². The van der Waals surface area contributed by atoms with Crippen LogP contribution in [0.1, 0.15) is 56.7 Å². The normalized spacial score (nSPS) is 20.4. The monoisotopic (exact) mass is 314 g/mol. The molecule has 2 saturated carbocycles. The van der Waals surface area contributed by atoms with Gasteiger partial charge >= 0.3 is 0 Å². The summed E-state index contributed by atoms with van der Waals surface area (Å²) in [5, 5.41) is 17.8. The van der Waals surface area contributed by atoms with Gasteiger partial charge in [-0.15, -0.1) is 0 Å². The number of nitrogens with zero attached hydrogens (tertiary/aromatic N) is 3. The molecule has 6 nitrogen and oxygen atoms in total. The molecule has 2 aromatic heterocycles. The molecule has 0 atom stereocenters. The molecule has 4 rings (SSSR count). The van der Waals surface area contributed by atoms with Crippen molar-refractivity contribution in [3.63, 3.8) is 0 Å². The van der Waals surface area contributed by atoms with Crippen molar-refractivity contribution >= 4 is 5.82 Å². The molecule has 2 heterocycles. The van der Waals surface area contributed by atoms with Crippen molar-refractivity contribution in [1.29, 1.82) is 0 Å². The number of rotatable bonds is 5. The van der Waals surface area contributed by atoms with Crippen LogP contribution in [0.2, 0.25) is 0 Å². The van der Waals surface area contributed by atoms with Crippen LogP contribution in [0.4, 0.5) is 5.82 Å². The molecule has 6 heteroatoms. The van der Waals surface area contributed by atoms with Gasteiger partial charge in [-0.1, -0.05) is 24.4 Å². The van der Waals surface area contributed by atoms with Crippen LogP contribution in [0.25, 0.3) is 11.5 Å². The Morgan fingerprint density at radius 2 is 2.04 bits per heavy atom. The van der Waals surface area contributed by atoms with E-state index in [0.29, 0.717) is 18.4 Å². The van der Waals surface area contributed by atoms with Crippen molar-refractivity contribution in [2.24, 2.45) is 0 Å². The average Bonchev–Trinajstić information content (AvgIpc) is 3.32. The van der Waals surface area contributed by atoms with Crippen molar-refractivity contribution in [2.75, 3.05) is 11.9 Å². The Morgan fingerprint density at radius 3 is 2.74 bits per heavy atom. The van der Waals surface area contributed by atoms with Gasteiger partial charge in [-0.25, -0.2) is 4.98 Å². The summed E-state index contributed by atoms with van der Waals surface area (Å²) in [6.45, 7) is 0.547. The Hall–Kier alpha value is -1.95. The number of aromatic nitrogens is 3. The molecule has 2 aliphatic rings. The molecule has 2 aliphatic carbocycles. The third kappa shape index (κ3) is 3.37. The Morgan fingerprint density at radius 1 is 1.22 bits per heavy atom. The van der Waals surface area contributed by atoms with Crippen LogP contribution < -0.4 is 5.32 Å². The highest BCUT2D eigenvalue weighted by molar-refractivity contribution is 5.54. The van der Waals surface area contributed by atoms with Crippen molar-refractivity contribution < 1.29 is 9.63 Å². The minimum absolute atomic E-state index is 0.484. The molecule has 0 aliphatic heterocycles. The lowest BCUT2D eigenvalue weighted by atomic mass is 9.85. The molecular weight excluding hydrogens is 292 g/mol. The van der Waals surface area contributed by atoms with Gasteiger partial charge in [0, 0.05) is 18.7 Å². The molecule has 2 N–H and O–H groups in total. The van der Waals surface area contributed by atoms with E-state index >= 15 is 0 Å². The third-order valence-electron chi connectivity index (χ3n) is 4.78. The van der Waals surface area contributed by atoms with Crippen molar-refractivity contribution in [2.45, 2.75) is 56.5 Å². The Bertz CT molecular complexity index is 657. The predicted molar refractivity (Wildman–Crippen MR) is 86.0 cm³/mol. The van der Waals surface area contributed by atoms with E-state index in [0.717, 1.165) is 55.7 Å². The van der Waals surface area contributed by atoms with E-state index in [-0.39, 0.29) is 0 Å². The largest absolute Gasteiger partial charge is 0.388 e. The van der Waals surface area contributed by atoms with Gasteiger partial charge in [0.15, 0.2) is 5.82 Å². The van der Waals surface area contributed by atoms with E-state index < -0.39 is 5.60 Å². The first-order chi connectivity index (χ1) is 11.2. The number of nitrogens with one attached hydrogen (secondary N) is 1. The summed E-state index contributed by atoms with van der Waals surface area (Å²) in [7, 11) is 0. The highest BCUT2D eigenvalue weighted by atomic mass is 16.5. The quantitative estimate of drug-likeness (QED) is 0.882. The maximum atomic E-state index is 10.5. The summed E-state index contributed by atoms with van der Waals surface area (Å²) in [5.74, 6) is 2.57. The number of pyridine rings is 1. The summed E-state index contributed by atoms with van der Waals surface area (Å²) in [4.78, 5) is 8.81. The summed E-state index contributed by atoms with van der Waals surface area (Å²) < 4.78 is 5.30. The highest BCUT2D eigenvalue weighted by Crippen LogP contribution is 2.38. The standard InChI is InChI=1S/C17H22N4O2/c22-17(8-2-1-3-9-17)11-19-14-7-6-13(10-18-14)16-20-15(21-23-16)12-4-5-12/h6-7,10,12,22H,1-5,8-9,11H2,(H,18,19). The average molecular weight is 314 g/mol. The van der Waals surface area contributed by atoms with Crippen molar-refractivity contribution in [1.82, 2.24) is 15.1 Å². The van der Waals surface area contributed by atoms with E-state index in [1.54, 1.807) is 6.20 Å². The van der Waals surface area contributed by atoms with E-state index in [2.05, 4.69) is 20.4 Å². The Balaban J connectivity index is 1.39. The van der Waals surface area contributed by atoms with Gasteiger partial charge in [0.05, 0.1) is 11.2 Å². The molecular formula is C17H22N4O2. The molecule has 0 unspecified atom stereocenters. The van der Waals surface area contributed by atoms with Gasteiger partial charge in [-0.3, -0.25) is 0 Å². The van der Waals surface area contributed by atoms with Gasteiger partial charge in [-0.2, -0.15) is 4.98 Å². The van der Waals surface area contributed by atoms with Crippen molar-refractivity contribution in [3.05, 3.63) is 24.2 Å². The third-order valence-corrected chi connectivity index (χ3v) is 4.78. The van der Waals surface area contributed by atoms with E-state index in [4.69, 9.17) is 4.52 Å². The number of aliphatic hydroxyl groups is 1. The topological polar surface area (TPSA) is 84.1 Å². The molecule has 2 fully saturated rings. The molecule has 0 bridgehead atoms. The van der Waals surface area contributed by atoms with Crippen LogP contribution in [-0.4, -0.2) is 32.4 Å². The maximum Gasteiger partial charge on any atom is 0.259 e. The van der Waals surface area contributed by atoms with E-state index in [1.807, 2.05) is 12.1 Å². The summed E-state index contributed by atoms with van der Waals surface area (Å²) in [6.07, 6.45) is 9.20. The van der Waals surface area contributed by atoms with Gasteiger partial charge in [0.1, 0.15) is 5.82 Å². The molecule has 122 valence electrons. The van der Waals surface area contributed by atoms with Gasteiger partial charge in [0.25, 0.3) is 5.89 Å². The van der Waals surface area contributed by atoms with Gasteiger partial charge in [0.2, 0.25) is 0 Å². The fourth-order valence-electron chi connectivity index (χ4n) is 3.13. The lowest BCUT2D eigenvalue weighted by molar-refractivity contribution is 0.0166. The molecule has 0 saturated heterocycles. The van der Waals surface area contributed by atoms with Crippen molar-refractivity contribution in [3.8, 4) is 11.5 Å². The SMILES string of the molecule is OC1(CNc2ccc(-c3nc(C4CC4)no3)cn2)CCCCC1. The number of hydrogen-bond donors (Lipinski definition) is 2. The van der Waals surface area contributed by atoms with Crippen LogP contribution in [0, 0.1) is 0 Å². The fraction of sp³-hybridized carbons (Fsp3) is 0.588. The van der Waals surface area contributed by atoms with Crippen LogP contribution in [0.3, 0.4) is 0 Å². The molecule has 2 aromatic rings. The zero-order valence-electron chi connectivity index (χ0n) is 13.2. The number of anilines is 1. The zero-order chi connectivity index (χ0) is 15.7. The minimum atomic E-state index is -0.593. The first-order valence-corrected chi connectivity index (χ1v) is 8.48. The predicted octanol–water partition coefficient (Wildman–Crippen LogP) is 3.12. The Labute approximate surface area is 135 Å². The second-order valence-electron chi connectivity index (χ2n) is 6.80. The summed E-state index contributed by atoms with van der Waals surface area (Å²) in [6, 6.07) is 3.81. The van der Waals surface area contributed by atoms with Crippen LogP contribution in [0.5, 0.6) is 0 Å². The molecule has 0 amide bonds. The van der Waals surface area contributed by atoms with Crippen LogP contribution in [0.15, 0.2) is 22.9 Å². The Kier molecular flexibility index (Phi) is 3.77. The lowest BCUT2D eigenvalue weighted by Gasteiger charge is -2.32. The van der Waals surface area contributed by atoms with Gasteiger partial charge in [-0.05, 0) is 37.8 Å². The number of hydrogen-bond acceptors (Lipinski definition) is 6. The highest BCUT2D eigenvalue weighted by Gasteiger charge is 2.30. The fourth-order valence-corrected chi connectivity index (χ4v) is 3.13. The van der Waals surface area contributed by atoms with Crippen LogP contribution in [-0.2, 0) is 0 Å². The summed E-state index contributed by atoms with van der Waals surface area (Å²) >= 11 is 0. The second-order valence-corrected chi connectivity index (χ2v) is 6.80. The van der Waals surface area contributed by atoms with E-state index in [1.165, 1.54) is 6.42 Å². The summed E-state index contributed by atoms with van der Waals surface area (Å²) in [5.41, 5.74) is 0.232. The smallest absolute Gasteiger partial charge is 0.259 e. The minimum Gasteiger partial charge on any atom is -0.388 e. The molecule has 0 spiro atoms. The lowest BCUT2D eigenvalue weighted by Crippen LogP contribution is -2.38. The van der Waals surface area contributed by atoms with E-state index in [9.17, 15) is 5.11 Å². The second kappa shape index (κ2) is 5.92. The molecule has 23 heavy (non-hydrogen) atoms. The zero-order valence-corrected chi connectivity index (χ0v) is 13.2. The molecule has 0 aromatic carbocycles.